The Labute approximate surface area is 107 Å². The Kier molecular flexibility index (Phi) is 3.93. The number of aromatic nitrogens is 1. The van der Waals surface area contributed by atoms with Crippen LogP contribution in [0.2, 0.25) is 0 Å². The van der Waals surface area contributed by atoms with Crippen LogP contribution in [0.4, 0.5) is 5.82 Å². The van der Waals surface area contributed by atoms with E-state index in [0.29, 0.717) is 5.56 Å². The van der Waals surface area contributed by atoms with E-state index in [2.05, 4.69) is 35.4 Å². The molecule has 2 aromatic rings. The molecule has 0 saturated heterocycles. The molecule has 1 aromatic carbocycles. The molecule has 1 aromatic heterocycles. The van der Waals surface area contributed by atoms with Gasteiger partial charge in [-0.05, 0) is 24.1 Å². The largest absolute Gasteiger partial charge is 0.363 e. The van der Waals surface area contributed by atoms with Crippen LogP contribution in [0.5, 0.6) is 0 Å². The standard InChI is InChI=1S/C15H15N3/c1-2-14(13-6-4-3-5-7-13)18-15-10-12(11-16)8-9-17-15/h3-10,14H,2H2,1H3,(H,17,18). The zero-order chi connectivity index (χ0) is 12.8. The molecule has 0 fully saturated rings. The predicted octanol–water partition coefficient (Wildman–Crippen LogP) is 3.52. The number of hydrogen-bond acceptors (Lipinski definition) is 3. The van der Waals surface area contributed by atoms with Crippen molar-refractivity contribution < 1.29 is 0 Å². The summed E-state index contributed by atoms with van der Waals surface area (Å²) in [6, 6.07) is 16.0. The number of rotatable bonds is 4. The Morgan fingerprint density at radius 3 is 2.72 bits per heavy atom. The van der Waals surface area contributed by atoms with E-state index in [1.807, 2.05) is 18.2 Å². The van der Waals surface area contributed by atoms with Gasteiger partial charge >= 0.3 is 0 Å². The third kappa shape index (κ3) is 2.86. The molecule has 0 bridgehead atoms. The van der Waals surface area contributed by atoms with E-state index in [1.165, 1.54) is 5.56 Å². The summed E-state index contributed by atoms with van der Waals surface area (Å²) in [5, 5.41) is 12.2. The van der Waals surface area contributed by atoms with Crippen molar-refractivity contribution in [2.24, 2.45) is 0 Å². The van der Waals surface area contributed by atoms with Crippen molar-refractivity contribution in [2.45, 2.75) is 19.4 Å². The number of benzene rings is 1. The second-order valence-corrected chi connectivity index (χ2v) is 4.06. The molecule has 0 aliphatic carbocycles. The second-order valence-electron chi connectivity index (χ2n) is 4.06. The molecule has 1 atom stereocenters. The highest BCUT2D eigenvalue weighted by atomic mass is 15.0. The first-order valence-corrected chi connectivity index (χ1v) is 6.01. The van der Waals surface area contributed by atoms with Gasteiger partial charge in [-0.3, -0.25) is 0 Å². The molecule has 0 amide bonds. The Balaban J connectivity index is 2.18. The second kappa shape index (κ2) is 5.83. The maximum atomic E-state index is 8.86. The Morgan fingerprint density at radius 1 is 1.28 bits per heavy atom. The van der Waals surface area contributed by atoms with Gasteiger partial charge in [-0.25, -0.2) is 4.98 Å². The Bertz CT molecular complexity index is 543. The van der Waals surface area contributed by atoms with Crippen molar-refractivity contribution in [3.8, 4) is 6.07 Å². The molecule has 0 spiro atoms. The summed E-state index contributed by atoms with van der Waals surface area (Å²) < 4.78 is 0. The summed E-state index contributed by atoms with van der Waals surface area (Å²) in [7, 11) is 0. The summed E-state index contributed by atoms with van der Waals surface area (Å²) in [5.74, 6) is 0.741. The predicted molar refractivity (Wildman–Crippen MR) is 72.0 cm³/mol. The normalized spacial score (nSPS) is 11.6. The number of nitrogens with zero attached hydrogens (tertiary/aromatic N) is 2. The minimum Gasteiger partial charge on any atom is -0.363 e. The van der Waals surface area contributed by atoms with Crippen LogP contribution in [-0.4, -0.2) is 4.98 Å². The number of nitriles is 1. The lowest BCUT2D eigenvalue weighted by atomic mass is 10.0. The minimum atomic E-state index is 0.215. The third-order valence-corrected chi connectivity index (χ3v) is 2.82. The van der Waals surface area contributed by atoms with Crippen molar-refractivity contribution >= 4 is 5.82 Å². The highest BCUT2D eigenvalue weighted by Crippen LogP contribution is 2.21. The highest BCUT2D eigenvalue weighted by molar-refractivity contribution is 5.44. The van der Waals surface area contributed by atoms with Gasteiger partial charge < -0.3 is 5.32 Å². The molecule has 90 valence electrons. The highest BCUT2D eigenvalue weighted by Gasteiger charge is 2.09. The van der Waals surface area contributed by atoms with Gasteiger partial charge in [0.2, 0.25) is 0 Å². The van der Waals surface area contributed by atoms with Crippen molar-refractivity contribution in [3.05, 3.63) is 59.8 Å². The first-order valence-electron chi connectivity index (χ1n) is 6.01. The first-order chi connectivity index (χ1) is 8.83. The fourth-order valence-electron chi connectivity index (χ4n) is 1.86. The lowest BCUT2D eigenvalue weighted by molar-refractivity contribution is 0.744. The zero-order valence-electron chi connectivity index (χ0n) is 10.3. The van der Waals surface area contributed by atoms with E-state index in [-0.39, 0.29) is 6.04 Å². The maximum absolute atomic E-state index is 8.86. The molecular weight excluding hydrogens is 222 g/mol. The molecular formula is C15H15N3. The van der Waals surface area contributed by atoms with E-state index in [4.69, 9.17) is 5.26 Å². The van der Waals surface area contributed by atoms with Gasteiger partial charge in [0.05, 0.1) is 17.7 Å². The smallest absolute Gasteiger partial charge is 0.127 e. The molecule has 0 radical (unpaired) electrons. The number of nitrogens with one attached hydrogen (secondary N) is 1. The minimum absolute atomic E-state index is 0.215. The topological polar surface area (TPSA) is 48.7 Å². The fraction of sp³-hybridized carbons (Fsp3) is 0.200. The van der Waals surface area contributed by atoms with Crippen LogP contribution in [-0.2, 0) is 0 Å². The van der Waals surface area contributed by atoms with Gasteiger partial charge in [-0.2, -0.15) is 5.26 Å². The lowest BCUT2D eigenvalue weighted by Gasteiger charge is -2.18. The summed E-state index contributed by atoms with van der Waals surface area (Å²) in [5.41, 5.74) is 1.85. The molecule has 3 heteroatoms. The van der Waals surface area contributed by atoms with Gasteiger partial charge in [-0.15, -0.1) is 0 Å². The first kappa shape index (κ1) is 12.1. The van der Waals surface area contributed by atoms with Crippen LogP contribution in [0.15, 0.2) is 48.7 Å². The molecule has 1 unspecified atom stereocenters. The summed E-state index contributed by atoms with van der Waals surface area (Å²) >= 11 is 0. The van der Waals surface area contributed by atoms with Crippen molar-refractivity contribution in [1.82, 2.24) is 4.98 Å². The van der Waals surface area contributed by atoms with Crippen LogP contribution >= 0.6 is 0 Å². The maximum Gasteiger partial charge on any atom is 0.127 e. The van der Waals surface area contributed by atoms with Crippen molar-refractivity contribution in [2.75, 3.05) is 5.32 Å². The van der Waals surface area contributed by atoms with Crippen LogP contribution in [0.25, 0.3) is 0 Å². The molecule has 3 nitrogen and oxygen atoms in total. The van der Waals surface area contributed by atoms with Crippen LogP contribution in [0.1, 0.15) is 30.5 Å². The van der Waals surface area contributed by atoms with E-state index in [0.717, 1.165) is 12.2 Å². The third-order valence-electron chi connectivity index (χ3n) is 2.82. The van der Waals surface area contributed by atoms with E-state index in [1.54, 1.807) is 18.3 Å². The zero-order valence-corrected chi connectivity index (χ0v) is 10.3. The van der Waals surface area contributed by atoms with Crippen molar-refractivity contribution in [1.29, 1.82) is 5.26 Å². The van der Waals surface area contributed by atoms with Gasteiger partial charge in [-0.1, -0.05) is 37.3 Å². The number of hydrogen-bond donors (Lipinski definition) is 1. The monoisotopic (exact) mass is 237 g/mol. The molecule has 18 heavy (non-hydrogen) atoms. The molecule has 1 heterocycles. The van der Waals surface area contributed by atoms with Gasteiger partial charge in [0.1, 0.15) is 5.82 Å². The van der Waals surface area contributed by atoms with Crippen LogP contribution in [0.3, 0.4) is 0 Å². The van der Waals surface area contributed by atoms with Gasteiger partial charge in [0.25, 0.3) is 0 Å². The summed E-state index contributed by atoms with van der Waals surface area (Å²) in [4.78, 5) is 4.24. The lowest BCUT2D eigenvalue weighted by Crippen LogP contribution is -2.10. The van der Waals surface area contributed by atoms with E-state index >= 15 is 0 Å². The molecule has 1 N–H and O–H groups in total. The summed E-state index contributed by atoms with van der Waals surface area (Å²) in [6.45, 7) is 2.12. The van der Waals surface area contributed by atoms with Gasteiger partial charge in [0, 0.05) is 6.20 Å². The van der Waals surface area contributed by atoms with Crippen LogP contribution in [0, 0.1) is 11.3 Å². The van der Waals surface area contributed by atoms with Crippen molar-refractivity contribution in [3.63, 3.8) is 0 Å². The Hall–Kier alpha value is -2.34. The molecule has 0 aliphatic heterocycles. The van der Waals surface area contributed by atoms with Crippen LogP contribution < -0.4 is 5.32 Å². The molecule has 0 saturated carbocycles. The average Bonchev–Trinajstić information content (AvgIpc) is 2.46. The molecule has 0 aliphatic rings. The van der Waals surface area contributed by atoms with E-state index < -0.39 is 0 Å². The average molecular weight is 237 g/mol. The fourth-order valence-corrected chi connectivity index (χ4v) is 1.86. The van der Waals surface area contributed by atoms with Gasteiger partial charge in [0.15, 0.2) is 0 Å². The van der Waals surface area contributed by atoms with E-state index in [9.17, 15) is 0 Å². The Morgan fingerprint density at radius 2 is 2.06 bits per heavy atom. The SMILES string of the molecule is CCC(Nc1cc(C#N)ccn1)c1ccccc1. The number of pyridine rings is 1. The number of anilines is 1. The molecule has 2 rings (SSSR count). The quantitative estimate of drug-likeness (QED) is 0.885. The summed E-state index contributed by atoms with van der Waals surface area (Å²) in [6.07, 6.45) is 2.61.